The van der Waals surface area contributed by atoms with Gasteiger partial charge in [-0.1, -0.05) is 18.2 Å². The van der Waals surface area contributed by atoms with Crippen LogP contribution in [0.3, 0.4) is 0 Å². The Balaban J connectivity index is 1.50. The lowest BCUT2D eigenvalue weighted by molar-refractivity contribution is -0.151. The summed E-state index contributed by atoms with van der Waals surface area (Å²) < 4.78 is 10.8. The van der Waals surface area contributed by atoms with Crippen LogP contribution in [0.25, 0.3) is 0 Å². The van der Waals surface area contributed by atoms with Crippen LogP contribution in [0, 0.1) is 5.92 Å². The fourth-order valence-electron chi connectivity index (χ4n) is 3.09. The number of nitrogen functional groups attached to an aromatic ring is 1. The number of para-hydroxylation sites is 1. The molecule has 0 radical (unpaired) electrons. The van der Waals surface area contributed by atoms with Crippen LogP contribution in [0.1, 0.15) is 39.4 Å². The van der Waals surface area contributed by atoms with E-state index in [4.69, 9.17) is 15.2 Å². The van der Waals surface area contributed by atoms with Gasteiger partial charge in [0.2, 0.25) is 11.9 Å². The third-order valence-corrected chi connectivity index (χ3v) is 4.55. The molecule has 10 heteroatoms. The molecule has 1 saturated heterocycles. The first-order chi connectivity index (χ1) is 14.7. The summed E-state index contributed by atoms with van der Waals surface area (Å²) in [5.74, 6) is -0.0776. The first-order valence-corrected chi connectivity index (χ1v) is 10.2. The molecule has 0 aliphatic carbocycles. The van der Waals surface area contributed by atoms with E-state index in [1.807, 2.05) is 51.1 Å². The van der Waals surface area contributed by atoms with E-state index in [-0.39, 0.29) is 42.3 Å². The van der Waals surface area contributed by atoms with Crippen molar-refractivity contribution < 1.29 is 19.1 Å². The van der Waals surface area contributed by atoms with Gasteiger partial charge in [-0.3, -0.25) is 4.79 Å². The number of nitrogens with two attached hydrogens (primary N) is 1. The molecule has 0 bridgehead atoms. The minimum Gasteiger partial charge on any atom is -0.457 e. The maximum absolute atomic E-state index is 12.5. The second kappa shape index (κ2) is 9.59. The molecule has 3 N–H and O–H groups in total. The van der Waals surface area contributed by atoms with Crippen molar-refractivity contribution in [3.05, 3.63) is 36.2 Å². The molecule has 1 aliphatic heterocycles. The van der Waals surface area contributed by atoms with E-state index in [0.717, 1.165) is 5.69 Å². The molecule has 1 fully saturated rings. The van der Waals surface area contributed by atoms with E-state index < -0.39 is 5.60 Å². The summed E-state index contributed by atoms with van der Waals surface area (Å²) in [6, 6.07) is 9.38. The molecular weight excluding hydrogens is 400 g/mol. The highest BCUT2D eigenvalue weighted by atomic mass is 16.6. The Morgan fingerprint density at radius 2 is 1.81 bits per heavy atom. The first-order valence-electron chi connectivity index (χ1n) is 10.2. The Morgan fingerprint density at radius 1 is 1.13 bits per heavy atom. The first kappa shape index (κ1) is 22.3. The van der Waals surface area contributed by atoms with Crippen LogP contribution in [0.15, 0.2) is 30.3 Å². The molecule has 0 saturated carbocycles. The van der Waals surface area contributed by atoms with Gasteiger partial charge in [0.1, 0.15) is 5.60 Å². The number of rotatable bonds is 5. The smallest absolute Gasteiger partial charge is 0.410 e. The normalized spacial score (nSPS) is 14.7. The lowest BCUT2D eigenvalue weighted by Crippen LogP contribution is -2.43. The molecule has 1 aromatic heterocycles. The van der Waals surface area contributed by atoms with Crippen molar-refractivity contribution in [3.8, 4) is 0 Å². The van der Waals surface area contributed by atoms with Crippen molar-refractivity contribution in [2.45, 2.75) is 45.8 Å². The number of amides is 1. The number of benzene rings is 1. The predicted molar refractivity (Wildman–Crippen MR) is 114 cm³/mol. The van der Waals surface area contributed by atoms with Crippen LogP contribution >= 0.6 is 0 Å². The Morgan fingerprint density at radius 3 is 2.45 bits per heavy atom. The van der Waals surface area contributed by atoms with E-state index in [9.17, 15) is 9.59 Å². The highest BCUT2D eigenvalue weighted by molar-refractivity contribution is 5.73. The Labute approximate surface area is 181 Å². The van der Waals surface area contributed by atoms with Crippen LogP contribution in [-0.4, -0.2) is 50.6 Å². The van der Waals surface area contributed by atoms with Gasteiger partial charge in [0, 0.05) is 18.8 Å². The number of ether oxygens (including phenoxy) is 2. The number of piperidine rings is 1. The predicted octanol–water partition coefficient (Wildman–Crippen LogP) is 2.89. The van der Waals surface area contributed by atoms with Gasteiger partial charge >= 0.3 is 12.1 Å². The molecule has 2 aromatic rings. The van der Waals surface area contributed by atoms with Crippen LogP contribution in [0.4, 0.5) is 22.4 Å². The van der Waals surface area contributed by atoms with Crippen LogP contribution in [0.5, 0.6) is 0 Å². The molecule has 0 unspecified atom stereocenters. The number of nitrogens with zero attached hydrogens (tertiary/aromatic N) is 4. The van der Waals surface area contributed by atoms with Crippen molar-refractivity contribution in [2.75, 3.05) is 24.1 Å². The maximum atomic E-state index is 12.5. The molecule has 1 aromatic carbocycles. The number of aromatic nitrogens is 3. The molecule has 1 aliphatic rings. The molecule has 0 spiro atoms. The number of carbonyl (C=O) groups excluding carboxylic acids is 2. The van der Waals surface area contributed by atoms with Crippen LogP contribution < -0.4 is 11.1 Å². The average molecular weight is 428 g/mol. The third-order valence-electron chi connectivity index (χ3n) is 4.55. The monoisotopic (exact) mass is 428 g/mol. The summed E-state index contributed by atoms with van der Waals surface area (Å²) in [5, 5.41) is 3.04. The fourth-order valence-corrected chi connectivity index (χ4v) is 3.09. The molecule has 10 nitrogen and oxygen atoms in total. The molecule has 31 heavy (non-hydrogen) atoms. The van der Waals surface area contributed by atoms with Crippen molar-refractivity contribution in [1.82, 2.24) is 19.9 Å². The van der Waals surface area contributed by atoms with E-state index in [0.29, 0.717) is 25.9 Å². The van der Waals surface area contributed by atoms with Gasteiger partial charge in [-0.05, 0) is 45.7 Å². The van der Waals surface area contributed by atoms with Crippen LogP contribution in [-0.2, 0) is 20.9 Å². The van der Waals surface area contributed by atoms with Crippen molar-refractivity contribution in [1.29, 1.82) is 0 Å². The molecular formula is C21H28N6O4. The van der Waals surface area contributed by atoms with Gasteiger partial charge in [0.05, 0.1) is 5.92 Å². The number of anilines is 3. The molecule has 166 valence electrons. The maximum Gasteiger partial charge on any atom is 0.410 e. The van der Waals surface area contributed by atoms with Crippen molar-refractivity contribution in [2.24, 2.45) is 5.92 Å². The lowest BCUT2D eigenvalue weighted by atomic mass is 9.97. The molecule has 0 atom stereocenters. The fraction of sp³-hybridized carbons (Fsp3) is 0.476. The zero-order valence-electron chi connectivity index (χ0n) is 18.0. The average Bonchev–Trinajstić information content (AvgIpc) is 2.71. The molecule has 3 rings (SSSR count). The quantitative estimate of drug-likeness (QED) is 0.690. The summed E-state index contributed by atoms with van der Waals surface area (Å²) in [6.07, 6.45) is 0.662. The SMILES string of the molecule is CC(C)(C)OC(=O)N1CCC(C(=O)OCc2nc(N)nc(Nc3ccccc3)n2)CC1. The van der Waals surface area contributed by atoms with E-state index in [2.05, 4.69) is 20.3 Å². The third kappa shape index (κ3) is 6.80. The van der Waals surface area contributed by atoms with Crippen LogP contribution in [0.2, 0.25) is 0 Å². The standard InChI is InChI=1S/C21H28N6O4/c1-21(2,3)31-20(29)27-11-9-14(10-12-27)17(28)30-13-16-24-18(22)26-19(25-16)23-15-7-5-4-6-8-15/h4-8,14H,9-13H2,1-3H3,(H3,22,23,24,25,26). The summed E-state index contributed by atoms with van der Waals surface area (Å²) in [4.78, 5) is 38.6. The Kier molecular flexibility index (Phi) is 6.88. The minimum atomic E-state index is -0.548. The van der Waals surface area contributed by atoms with Gasteiger partial charge in [0.25, 0.3) is 0 Å². The summed E-state index contributed by atoms with van der Waals surface area (Å²) >= 11 is 0. The minimum absolute atomic E-state index is 0.0325. The zero-order chi connectivity index (χ0) is 22.4. The topological polar surface area (TPSA) is 133 Å². The number of hydrogen-bond donors (Lipinski definition) is 2. The van der Waals surface area contributed by atoms with Gasteiger partial charge in [0.15, 0.2) is 12.4 Å². The molecule has 2 heterocycles. The van der Waals surface area contributed by atoms with Gasteiger partial charge < -0.3 is 25.4 Å². The van der Waals surface area contributed by atoms with E-state index in [1.165, 1.54) is 0 Å². The number of carbonyl (C=O) groups is 2. The largest absolute Gasteiger partial charge is 0.457 e. The van der Waals surface area contributed by atoms with Gasteiger partial charge in [-0.25, -0.2) is 4.79 Å². The highest BCUT2D eigenvalue weighted by Crippen LogP contribution is 2.21. The Bertz CT molecular complexity index is 908. The van der Waals surface area contributed by atoms with E-state index >= 15 is 0 Å². The second-order valence-electron chi connectivity index (χ2n) is 8.27. The Hall–Kier alpha value is -3.43. The van der Waals surface area contributed by atoms with E-state index in [1.54, 1.807) is 4.90 Å². The number of hydrogen-bond acceptors (Lipinski definition) is 9. The number of likely N-dealkylation sites (tertiary alicyclic amines) is 1. The van der Waals surface area contributed by atoms with Gasteiger partial charge in [-0.15, -0.1) is 0 Å². The summed E-state index contributed by atoms with van der Waals surface area (Å²) in [5.41, 5.74) is 6.01. The number of nitrogens with one attached hydrogen (secondary N) is 1. The zero-order valence-corrected chi connectivity index (χ0v) is 18.0. The summed E-state index contributed by atoms with van der Waals surface area (Å²) in [6.45, 7) is 6.25. The molecule has 1 amide bonds. The lowest BCUT2D eigenvalue weighted by Gasteiger charge is -2.32. The second-order valence-corrected chi connectivity index (χ2v) is 8.27. The van der Waals surface area contributed by atoms with Gasteiger partial charge in [-0.2, -0.15) is 15.0 Å². The van der Waals surface area contributed by atoms with Crippen molar-refractivity contribution in [3.63, 3.8) is 0 Å². The summed E-state index contributed by atoms with van der Waals surface area (Å²) in [7, 11) is 0. The van der Waals surface area contributed by atoms with Crippen molar-refractivity contribution >= 4 is 29.6 Å². The highest BCUT2D eigenvalue weighted by Gasteiger charge is 2.30. The number of esters is 1.